The predicted octanol–water partition coefficient (Wildman–Crippen LogP) is 4.97. The Kier molecular flexibility index (Phi) is 6.23. The molecule has 9 heteroatoms. The molecule has 0 saturated carbocycles. The summed E-state index contributed by atoms with van der Waals surface area (Å²) in [7, 11) is 0. The Morgan fingerprint density at radius 1 is 0.921 bits per heavy atom. The molecule has 0 saturated heterocycles. The molecule has 9 nitrogen and oxygen atoms in total. The number of imidazole rings is 1. The molecule has 3 heterocycles. The number of nitrogens with zero attached hydrogens (tertiary/aromatic N) is 6. The summed E-state index contributed by atoms with van der Waals surface area (Å²) in [5.74, 6) is 0.160. The zero-order valence-electron chi connectivity index (χ0n) is 20.7. The summed E-state index contributed by atoms with van der Waals surface area (Å²) in [5.41, 5.74) is 3.57. The minimum Gasteiger partial charge on any atom is -0.471 e. The minimum atomic E-state index is -0.458. The molecular weight excluding hydrogens is 480 g/mol. The van der Waals surface area contributed by atoms with E-state index in [1.165, 1.54) is 27.8 Å². The van der Waals surface area contributed by atoms with E-state index in [2.05, 4.69) is 50.4 Å². The third kappa shape index (κ3) is 4.69. The van der Waals surface area contributed by atoms with Crippen molar-refractivity contribution in [3.63, 3.8) is 0 Å². The van der Waals surface area contributed by atoms with Crippen LogP contribution in [0.3, 0.4) is 0 Å². The summed E-state index contributed by atoms with van der Waals surface area (Å²) >= 11 is 0. The van der Waals surface area contributed by atoms with E-state index in [4.69, 9.17) is 9.47 Å². The van der Waals surface area contributed by atoms with Gasteiger partial charge in [0, 0.05) is 12.7 Å². The van der Waals surface area contributed by atoms with E-state index < -0.39 is 5.97 Å². The lowest BCUT2D eigenvalue weighted by molar-refractivity contribution is 0.0526. The fourth-order valence-corrected chi connectivity index (χ4v) is 4.27. The first-order chi connectivity index (χ1) is 18.7. The summed E-state index contributed by atoms with van der Waals surface area (Å²) in [4.78, 5) is 26.0. The summed E-state index contributed by atoms with van der Waals surface area (Å²) < 4.78 is 14.7. The molecule has 0 N–H and O–H groups in total. The lowest BCUT2D eigenvalue weighted by Gasteiger charge is -2.11. The molecule has 0 aliphatic heterocycles. The number of carbonyl (C=O) groups is 1. The second-order valence-corrected chi connectivity index (χ2v) is 8.72. The standard InChI is InChI=1S/C29H24N6O3/c1-2-37-28(36)24-15-31-35(17-24)29-32-26-25(27(33-29)38-18-20-8-4-3-5-9-20)34(19-30-26)16-21-12-13-22-10-6-7-11-23(22)14-21/h3-15,17,19H,2,16,18H2,1H3. The van der Waals surface area contributed by atoms with Gasteiger partial charge in [0.05, 0.1) is 24.7 Å². The van der Waals surface area contributed by atoms with Crippen LogP contribution in [0.15, 0.2) is 91.5 Å². The number of hydrogen-bond acceptors (Lipinski definition) is 7. The van der Waals surface area contributed by atoms with Crippen LogP contribution in [-0.4, -0.2) is 41.9 Å². The van der Waals surface area contributed by atoms with Crippen molar-refractivity contribution in [1.29, 1.82) is 0 Å². The van der Waals surface area contributed by atoms with Crippen molar-refractivity contribution in [3.05, 3.63) is 108 Å². The monoisotopic (exact) mass is 504 g/mol. The van der Waals surface area contributed by atoms with Crippen LogP contribution >= 0.6 is 0 Å². The molecule has 3 aromatic carbocycles. The van der Waals surface area contributed by atoms with E-state index in [1.807, 2.05) is 47.0 Å². The lowest BCUT2D eigenvalue weighted by Crippen LogP contribution is -2.08. The van der Waals surface area contributed by atoms with Gasteiger partial charge in [-0.3, -0.25) is 0 Å². The highest BCUT2D eigenvalue weighted by molar-refractivity contribution is 5.89. The van der Waals surface area contributed by atoms with Gasteiger partial charge in [0.25, 0.3) is 5.95 Å². The van der Waals surface area contributed by atoms with E-state index in [1.54, 1.807) is 13.3 Å². The van der Waals surface area contributed by atoms with Gasteiger partial charge in [0.2, 0.25) is 5.88 Å². The van der Waals surface area contributed by atoms with Crippen molar-refractivity contribution in [2.24, 2.45) is 0 Å². The summed E-state index contributed by atoms with van der Waals surface area (Å²) in [6, 6.07) is 24.5. The Bertz CT molecular complexity index is 1740. The van der Waals surface area contributed by atoms with Gasteiger partial charge in [0.15, 0.2) is 11.2 Å². The van der Waals surface area contributed by atoms with Crippen LogP contribution in [0.1, 0.15) is 28.4 Å². The average Bonchev–Trinajstić information content (AvgIpc) is 3.60. The maximum absolute atomic E-state index is 12.1. The Labute approximate surface area is 218 Å². The molecular formula is C29H24N6O3. The molecule has 0 aliphatic rings. The Morgan fingerprint density at radius 2 is 1.74 bits per heavy atom. The maximum Gasteiger partial charge on any atom is 0.341 e. The predicted molar refractivity (Wildman–Crippen MR) is 142 cm³/mol. The van der Waals surface area contributed by atoms with Gasteiger partial charge < -0.3 is 14.0 Å². The fraction of sp³-hybridized carbons (Fsp3) is 0.138. The van der Waals surface area contributed by atoms with E-state index >= 15 is 0 Å². The molecule has 38 heavy (non-hydrogen) atoms. The highest BCUT2D eigenvalue weighted by Crippen LogP contribution is 2.26. The number of rotatable bonds is 8. The largest absolute Gasteiger partial charge is 0.471 e. The van der Waals surface area contributed by atoms with Gasteiger partial charge in [-0.05, 0) is 34.9 Å². The average molecular weight is 505 g/mol. The van der Waals surface area contributed by atoms with Gasteiger partial charge in [-0.15, -0.1) is 0 Å². The first kappa shape index (κ1) is 23.4. The number of hydrogen-bond donors (Lipinski definition) is 0. The van der Waals surface area contributed by atoms with Gasteiger partial charge in [-0.25, -0.2) is 14.5 Å². The zero-order valence-corrected chi connectivity index (χ0v) is 20.7. The molecule has 0 unspecified atom stereocenters. The fourth-order valence-electron chi connectivity index (χ4n) is 4.27. The molecule has 0 aliphatic carbocycles. The van der Waals surface area contributed by atoms with Gasteiger partial charge in [-0.2, -0.15) is 15.1 Å². The van der Waals surface area contributed by atoms with Crippen molar-refractivity contribution < 1.29 is 14.3 Å². The molecule has 0 radical (unpaired) electrons. The number of benzene rings is 3. The van der Waals surface area contributed by atoms with Crippen LogP contribution in [0.5, 0.6) is 5.88 Å². The van der Waals surface area contributed by atoms with Crippen LogP contribution in [-0.2, 0) is 17.9 Å². The number of ether oxygens (including phenoxy) is 2. The molecule has 0 spiro atoms. The highest BCUT2D eigenvalue weighted by Gasteiger charge is 2.18. The first-order valence-electron chi connectivity index (χ1n) is 12.3. The molecule has 0 bridgehead atoms. The van der Waals surface area contributed by atoms with Crippen LogP contribution < -0.4 is 4.74 Å². The van der Waals surface area contributed by atoms with E-state index in [0.29, 0.717) is 35.8 Å². The van der Waals surface area contributed by atoms with Crippen molar-refractivity contribution in [2.45, 2.75) is 20.1 Å². The van der Waals surface area contributed by atoms with Gasteiger partial charge >= 0.3 is 5.97 Å². The normalized spacial score (nSPS) is 11.2. The summed E-state index contributed by atoms with van der Waals surface area (Å²) in [6.45, 7) is 2.92. The molecule has 0 atom stereocenters. The van der Waals surface area contributed by atoms with Crippen molar-refractivity contribution in [2.75, 3.05) is 6.61 Å². The molecule has 6 rings (SSSR count). The van der Waals surface area contributed by atoms with Crippen LogP contribution in [0, 0.1) is 0 Å². The summed E-state index contributed by atoms with van der Waals surface area (Å²) in [6.07, 6.45) is 4.70. The molecule has 6 aromatic rings. The van der Waals surface area contributed by atoms with E-state index in [-0.39, 0.29) is 12.6 Å². The third-order valence-electron chi connectivity index (χ3n) is 6.11. The smallest absolute Gasteiger partial charge is 0.341 e. The molecule has 188 valence electrons. The maximum atomic E-state index is 12.1. The molecule has 0 fully saturated rings. The lowest BCUT2D eigenvalue weighted by atomic mass is 10.1. The molecule has 3 aromatic heterocycles. The molecule has 0 amide bonds. The van der Waals surface area contributed by atoms with Gasteiger partial charge in [-0.1, -0.05) is 66.7 Å². The highest BCUT2D eigenvalue weighted by atomic mass is 16.5. The van der Waals surface area contributed by atoms with Crippen molar-refractivity contribution in [1.82, 2.24) is 29.3 Å². The number of esters is 1. The van der Waals surface area contributed by atoms with Crippen LogP contribution in [0.4, 0.5) is 0 Å². The number of aromatic nitrogens is 6. The SMILES string of the molecule is CCOC(=O)c1cnn(-c2nc(OCc3ccccc3)c3c(ncn3Cc3ccc4ccccc4c3)n2)c1. The third-order valence-corrected chi connectivity index (χ3v) is 6.11. The second-order valence-electron chi connectivity index (χ2n) is 8.72. The van der Waals surface area contributed by atoms with E-state index in [9.17, 15) is 4.79 Å². The van der Waals surface area contributed by atoms with Crippen LogP contribution in [0.25, 0.3) is 27.9 Å². The minimum absolute atomic E-state index is 0.243. The zero-order chi connectivity index (χ0) is 25.9. The Morgan fingerprint density at radius 3 is 2.58 bits per heavy atom. The van der Waals surface area contributed by atoms with Crippen molar-refractivity contribution in [3.8, 4) is 11.8 Å². The van der Waals surface area contributed by atoms with E-state index in [0.717, 1.165) is 11.1 Å². The second kappa shape index (κ2) is 10.1. The van der Waals surface area contributed by atoms with Gasteiger partial charge in [0.1, 0.15) is 6.61 Å². The Hall–Kier alpha value is -5.05. The first-order valence-corrected chi connectivity index (χ1v) is 12.3. The topological polar surface area (TPSA) is 97.0 Å². The number of carbonyl (C=O) groups excluding carboxylic acids is 1. The summed E-state index contributed by atoms with van der Waals surface area (Å²) in [5, 5.41) is 6.62. The van der Waals surface area contributed by atoms with Crippen LogP contribution in [0.2, 0.25) is 0 Å². The number of fused-ring (bicyclic) bond motifs is 2. The quantitative estimate of drug-likeness (QED) is 0.270. The Balaban J connectivity index is 1.39. The van der Waals surface area contributed by atoms with Crippen molar-refractivity contribution >= 4 is 27.9 Å².